The van der Waals surface area contributed by atoms with Crippen molar-refractivity contribution >= 4 is 47.4 Å². The van der Waals surface area contributed by atoms with E-state index in [1.54, 1.807) is 7.05 Å². The number of guanidine groups is 1. The Bertz CT molecular complexity index is 586. The number of benzene rings is 1. The Morgan fingerprint density at radius 3 is 2.44 bits per heavy atom. The van der Waals surface area contributed by atoms with E-state index in [2.05, 4.69) is 29.1 Å². The van der Waals surface area contributed by atoms with Gasteiger partial charge in [-0.2, -0.15) is 0 Å². The molecule has 1 aliphatic heterocycles. The number of carbonyl (C=O) groups excluding carboxylic acids is 1. The molecule has 0 spiro atoms. The normalized spacial score (nSPS) is 15.2. The van der Waals surface area contributed by atoms with Gasteiger partial charge in [-0.15, -0.1) is 24.0 Å². The number of carbonyl (C=O) groups is 1. The van der Waals surface area contributed by atoms with Crippen LogP contribution < -0.4 is 5.32 Å². The van der Waals surface area contributed by atoms with E-state index >= 15 is 0 Å². The van der Waals surface area contributed by atoms with E-state index < -0.39 is 0 Å². The molecule has 0 bridgehead atoms. The van der Waals surface area contributed by atoms with E-state index in [9.17, 15) is 4.79 Å². The van der Waals surface area contributed by atoms with Crippen molar-refractivity contribution in [1.82, 2.24) is 15.1 Å². The van der Waals surface area contributed by atoms with Gasteiger partial charge in [0.15, 0.2) is 5.96 Å². The Kier molecular flexibility index (Phi) is 9.56. The second-order valence-corrected chi connectivity index (χ2v) is 6.93. The Labute approximate surface area is 172 Å². The van der Waals surface area contributed by atoms with Crippen LogP contribution in [-0.2, 0) is 11.2 Å². The van der Waals surface area contributed by atoms with Crippen LogP contribution in [0.5, 0.6) is 0 Å². The van der Waals surface area contributed by atoms with Gasteiger partial charge in [-0.25, -0.2) is 0 Å². The van der Waals surface area contributed by atoms with Crippen molar-refractivity contribution in [1.29, 1.82) is 0 Å². The van der Waals surface area contributed by atoms with Gasteiger partial charge < -0.3 is 15.1 Å². The van der Waals surface area contributed by atoms with Crippen LogP contribution >= 0.6 is 35.6 Å². The minimum absolute atomic E-state index is 0. The van der Waals surface area contributed by atoms with Crippen LogP contribution in [0.15, 0.2) is 29.3 Å². The van der Waals surface area contributed by atoms with Gasteiger partial charge in [-0.1, -0.05) is 37.6 Å². The topological polar surface area (TPSA) is 47.9 Å². The third kappa shape index (κ3) is 7.01. The fourth-order valence-corrected chi connectivity index (χ4v) is 2.94. The van der Waals surface area contributed by atoms with Gasteiger partial charge in [-0.3, -0.25) is 9.79 Å². The average Bonchev–Trinajstić information content (AvgIpc) is 2.55. The van der Waals surface area contributed by atoms with E-state index in [4.69, 9.17) is 11.6 Å². The summed E-state index contributed by atoms with van der Waals surface area (Å²) in [6, 6.07) is 7.50. The van der Waals surface area contributed by atoms with Crippen molar-refractivity contribution < 1.29 is 4.79 Å². The number of rotatable bonds is 4. The molecular weight excluding hydrogens is 451 g/mol. The summed E-state index contributed by atoms with van der Waals surface area (Å²) in [6.07, 6.45) is 0.404. The van der Waals surface area contributed by atoms with Crippen LogP contribution in [0.4, 0.5) is 0 Å². The van der Waals surface area contributed by atoms with Gasteiger partial charge in [-0.05, 0) is 23.6 Å². The third-order valence-electron chi connectivity index (χ3n) is 4.06. The molecule has 1 heterocycles. The number of aliphatic imine (C=N–C) groups is 1. The highest BCUT2D eigenvalue weighted by Gasteiger charge is 2.23. The van der Waals surface area contributed by atoms with Crippen molar-refractivity contribution in [2.75, 3.05) is 39.8 Å². The highest BCUT2D eigenvalue weighted by molar-refractivity contribution is 14.0. The second kappa shape index (κ2) is 10.9. The van der Waals surface area contributed by atoms with E-state index in [1.165, 1.54) is 0 Å². The summed E-state index contributed by atoms with van der Waals surface area (Å²) in [6.45, 7) is 8.31. The molecule has 0 unspecified atom stereocenters. The van der Waals surface area contributed by atoms with Crippen LogP contribution in [0.25, 0.3) is 0 Å². The Hall–Kier alpha value is -1.02. The summed E-state index contributed by atoms with van der Waals surface area (Å²) in [5.41, 5.74) is 0.962. The van der Waals surface area contributed by atoms with Gasteiger partial charge in [0.25, 0.3) is 0 Å². The molecule has 25 heavy (non-hydrogen) atoms. The van der Waals surface area contributed by atoms with Crippen molar-refractivity contribution in [3.8, 4) is 0 Å². The summed E-state index contributed by atoms with van der Waals surface area (Å²) in [5.74, 6) is 1.65. The molecule has 7 heteroatoms. The molecule has 0 radical (unpaired) electrons. The SMILES string of the molecule is CN=C(NCC(C)C)N1CCN(C(=O)Cc2cccc(Cl)c2)CC1.I. The molecule has 140 valence electrons. The zero-order chi connectivity index (χ0) is 17.5. The lowest BCUT2D eigenvalue weighted by atomic mass is 10.1. The van der Waals surface area contributed by atoms with Crippen LogP contribution in [-0.4, -0.2) is 61.4 Å². The number of halogens is 2. The maximum absolute atomic E-state index is 12.5. The molecule has 0 aromatic heterocycles. The standard InChI is InChI=1S/C18H27ClN4O.HI/c1-14(2)13-21-18(20-3)23-9-7-22(8-10-23)17(24)12-15-5-4-6-16(19)11-15;/h4-6,11,14H,7-10,12-13H2,1-3H3,(H,20,21);1H. The van der Waals surface area contributed by atoms with Crippen LogP contribution in [0.3, 0.4) is 0 Å². The largest absolute Gasteiger partial charge is 0.356 e. The van der Waals surface area contributed by atoms with Gasteiger partial charge in [0.05, 0.1) is 6.42 Å². The molecule has 2 rings (SSSR count). The highest BCUT2D eigenvalue weighted by atomic mass is 127. The minimum Gasteiger partial charge on any atom is -0.356 e. The fourth-order valence-electron chi connectivity index (χ4n) is 2.73. The quantitative estimate of drug-likeness (QED) is 0.411. The van der Waals surface area contributed by atoms with E-state index in [0.717, 1.165) is 44.2 Å². The molecular formula is C18H28ClIN4O. The van der Waals surface area contributed by atoms with Crippen molar-refractivity contribution in [3.63, 3.8) is 0 Å². The molecule has 1 aromatic carbocycles. The molecule has 1 aliphatic rings. The summed E-state index contributed by atoms with van der Waals surface area (Å²) in [5, 5.41) is 4.06. The third-order valence-corrected chi connectivity index (χ3v) is 4.29. The first-order valence-electron chi connectivity index (χ1n) is 8.47. The molecule has 0 saturated carbocycles. The monoisotopic (exact) mass is 478 g/mol. The molecule has 1 aromatic rings. The lowest BCUT2D eigenvalue weighted by molar-refractivity contribution is -0.131. The zero-order valence-electron chi connectivity index (χ0n) is 15.2. The number of piperazine rings is 1. The van der Waals surface area contributed by atoms with Crippen molar-refractivity contribution in [3.05, 3.63) is 34.9 Å². The van der Waals surface area contributed by atoms with E-state index in [-0.39, 0.29) is 29.9 Å². The van der Waals surface area contributed by atoms with Gasteiger partial charge >= 0.3 is 0 Å². The van der Waals surface area contributed by atoms with Crippen molar-refractivity contribution in [2.45, 2.75) is 20.3 Å². The molecule has 1 N–H and O–H groups in total. The molecule has 0 atom stereocenters. The first kappa shape index (κ1) is 22.0. The molecule has 5 nitrogen and oxygen atoms in total. The fraction of sp³-hybridized carbons (Fsp3) is 0.556. The molecule has 1 saturated heterocycles. The van der Waals surface area contributed by atoms with Crippen LogP contribution in [0.1, 0.15) is 19.4 Å². The number of nitrogens with one attached hydrogen (secondary N) is 1. The predicted molar refractivity (Wildman–Crippen MR) is 115 cm³/mol. The smallest absolute Gasteiger partial charge is 0.227 e. The van der Waals surface area contributed by atoms with E-state index in [1.807, 2.05) is 29.2 Å². The van der Waals surface area contributed by atoms with Crippen LogP contribution in [0.2, 0.25) is 5.02 Å². The minimum atomic E-state index is 0. The van der Waals surface area contributed by atoms with Gasteiger partial charge in [0.1, 0.15) is 0 Å². The van der Waals surface area contributed by atoms with Gasteiger partial charge in [0, 0.05) is 44.8 Å². The first-order valence-corrected chi connectivity index (χ1v) is 8.85. The lowest BCUT2D eigenvalue weighted by Crippen LogP contribution is -2.54. The Morgan fingerprint density at radius 1 is 1.24 bits per heavy atom. The summed E-state index contributed by atoms with van der Waals surface area (Å²) >= 11 is 5.98. The number of nitrogens with zero attached hydrogens (tertiary/aromatic N) is 3. The van der Waals surface area contributed by atoms with Gasteiger partial charge in [0.2, 0.25) is 5.91 Å². The second-order valence-electron chi connectivity index (χ2n) is 6.50. The highest BCUT2D eigenvalue weighted by Crippen LogP contribution is 2.13. The van der Waals surface area contributed by atoms with Crippen LogP contribution in [0, 0.1) is 5.92 Å². The summed E-state index contributed by atoms with van der Waals surface area (Å²) in [7, 11) is 1.80. The maximum atomic E-state index is 12.5. The number of hydrogen-bond donors (Lipinski definition) is 1. The Balaban J connectivity index is 0.00000312. The summed E-state index contributed by atoms with van der Waals surface area (Å²) < 4.78 is 0. The predicted octanol–water partition coefficient (Wildman–Crippen LogP) is 2.88. The first-order chi connectivity index (χ1) is 11.5. The lowest BCUT2D eigenvalue weighted by Gasteiger charge is -2.36. The number of hydrogen-bond acceptors (Lipinski definition) is 2. The molecule has 1 amide bonds. The average molecular weight is 479 g/mol. The number of amides is 1. The zero-order valence-corrected chi connectivity index (χ0v) is 18.3. The van der Waals surface area contributed by atoms with E-state index in [0.29, 0.717) is 17.4 Å². The van der Waals surface area contributed by atoms with Crippen molar-refractivity contribution in [2.24, 2.45) is 10.9 Å². The molecule has 0 aliphatic carbocycles. The Morgan fingerprint density at radius 2 is 1.88 bits per heavy atom. The maximum Gasteiger partial charge on any atom is 0.227 e. The molecule has 1 fully saturated rings. The summed E-state index contributed by atoms with van der Waals surface area (Å²) in [4.78, 5) is 20.9.